The number of rotatable bonds is 11. The first-order chi connectivity index (χ1) is 11.9. The van der Waals surface area contributed by atoms with E-state index in [0.29, 0.717) is 0 Å². The lowest BCUT2D eigenvalue weighted by atomic mass is 9.97. The molecule has 4 atom stereocenters. The van der Waals surface area contributed by atoms with Crippen molar-refractivity contribution in [3.05, 3.63) is 0 Å². The van der Waals surface area contributed by atoms with Gasteiger partial charge in [0.05, 0.1) is 24.7 Å². The van der Waals surface area contributed by atoms with E-state index in [1.807, 2.05) is 0 Å². The summed E-state index contributed by atoms with van der Waals surface area (Å²) in [5.41, 5.74) is 14.2. The molecule has 12 nitrogen and oxygen atoms in total. The molecular formula is C13H26N6O6S. The fourth-order valence-electron chi connectivity index (χ4n) is 1.88. The third-order valence-electron chi connectivity index (χ3n) is 3.24. The highest BCUT2D eigenvalue weighted by Gasteiger charge is 2.30. The summed E-state index contributed by atoms with van der Waals surface area (Å²) in [6, 6.07) is -2.48. The fraction of sp³-hybridized carbons (Fsp3) is 0.692. The average Bonchev–Trinajstić information content (AvgIpc) is 2.49. The highest BCUT2D eigenvalue weighted by molar-refractivity contribution is 7.80. The minimum absolute atomic E-state index is 0.0476. The molecule has 0 bridgehead atoms. The summed E-state index contributed by atoms with van der Waals surface area (Å²) in [7, 11) is 0. The standard InChI is InChI=1S/C13H26N6O6S/c1-6(21)9(11(24)25)17-12(26)18-13(2,3-8(15)22)5-16-19-10(23)7(14)4-20/h6-7,9,16,20-21H,3-5,14H2,1-2H3,(H2,15,22)(H,19,23)(H,24,25)(H2,17,18,26). The number of carboxylic acid groups (broad SMARTS) is 1. The topological polar surface area (TPSA) is 212 Å². The van der Waals surface area contributed by atoms with Crippen LogP contribution in [0.15, 0.2) is 0 Å². The van der Waals surface area contributed by atoms with Crippen LogP contribution in [0.3, 0.4) is 0 Å². The van der Waals surface area contributed by atoms with Crippen LogP contribution < -0.4 is 33.0 Å². The number of hydrogen-bond acceptors (Lipinski definition) is 8. The molecule has 0 aromatic carbocycles. The Hall–Kier alpha value is -2.06. The summed E-state index contributed by atoms with van der Waals surface area (Å²) in [5, 5.41) is 32.3. The van der Waals surface area contributed by atoms with E-state index in [-0.39, 0.29) is 18.1 Å². The molecule has 13 heteroatoms. The lowest BCUT2D eigenvalue weighted by Crippen LogP contribution is -2.62. The predicted octanol–water partition coefficient (Wildman–Crippen LogP) is -4.14. The van der Waals surface area contributed by atoms with Crippen molar-refractivity contribution in [1.82, 2.24) is 21.5 Å². The Morgan fingerprint density at radius 2 is 1.88 bits per heavy atom. The second kappa shape index (κ2) is 10.8. The van der Waals surface area contributed by atoms with Crippen LogP contribution in [0.1, 0.15) is 20.3 Å². The Bertz CT molecular complexity index is 533. The minimum Gasteiger partial charge on any atom is -0.480 e. The molecule has 0 spiro atoms. The molecule has 150 valence electrons. The highest BCUT2D eigenvalue weighted by Crippen LogP contribution is 2.08. The Kier molecular flexibility index (Phi) is 9.97. The zero-order chi connectivity index (χ0) is 20.5. The second-order valence-electron chi connectivity index (χ2n) is 5.99. The highest BCUT2D eigenvalue weighted by atomic mass is 32.1. The number of nitrogens with one attached hydrogen (secondary N) is 4. The number of carbonyl (C=O) groups is 3. The van der Waals surface area contributed by atoms with E-state index >= 15 is 0 Å². The van der Waals surface area contributed by atoms with Crippen molar-refractivity contribution in [2.75, 3.05) is 13.2 Å². The molecule has 0 heterocycles. The first kappa shape index (κ1) is 23.9. The number of carbonyl (C=O) groups excluding carboxylic acids is 2. The van der Waals surface area contributed by atoms with Gasteiger partial charge in [0.2, 0.25) is 5.91 Å². The molecule has 0 saturated heterocycles. The number of hydrogen-bond donors (Lipinski definition) is 9. The van der Waals surface area contributed by atoms with Gasteiger partial charge in [-0.05, 0) is 26.1 Å². The Labute approximate surface area is 155 Å². The zero-order valence-corrected chi connectivity index (χ0v) is 15.3. The van der Waals surface area contributed by atoms with Gasteiger partial charge in [-0.2, -0.15) is 0 Å². The van der Waals surface area contributed by atoms with Gasteiger partial charge in [0.25, 0.3) is 5.91 Å². The summed E-state index contributed by atoms with van der Waals surface area (Å²) < 4.78 is 0. The van der Waals surface area contributed by atoms with Crippen LogP contribution in [0.2, 0.25) is 0 Å². The van der Waals surface area contributed by atoms with Crippen molar-refractivity contribution in [3.8, 4) is 0 Å². The molecule has 4 unspecified atom stereocenters. The quantitative estimate of drug-likeness (QED) is 0.121. The van der Waals surface area contributed by atoms with Crippen molar-refractivity contribution in [3.63, 3.8) is 0 Å². The van der Waals surface area contributed by atoms with Gasteiger partial charge in [-0.15, -0.1) is 0 Å². The number of thiocarbonyl (C=S) groups is 1. The molecule has 2 amide bonds. The largest absolute Gasteiger partial charge is 0.480 e. The Morgan fingerprint density at radius 3 is 2.31 bits per heavy atom. The normalized spacial score (nSPS) is 16.5. The molecule has 0 aliphatic rings. The smallest absolute Gasteiger partial charge is 0.328 e. The molecule has 0 aliphatic heterocycles. The summed E-state index contributed by atoms with van der Waals surface area (Å²) in [5.74, 6) is -2.66. The van der Waals surface area contributed by atoms with Crippen molar-refractivity contribution < 1.29 is 29.7 Å². The van der Waals surface area contributed by atoms with Gasteiger partial charge in [-0.25, -0.2) is 10.2 Å². The van der Waals surface area contributed by atoms with E-state index in [0.717, 1.165) is 0 Å². The van der Waals surface area contributed by atoms with E-state index in [2.05, 4.69) is 21.5 Å². The molecule has 0 fully saturated rings. The van der Waals surface area contributed by atoms with Crippen molar-refractivity contribution in [2.45, 2.75) is 44.0 Å². The lowest BCUT2D eigenvalue weighted by Gasteiger charge is -2.32. The third-order valence-corrected chi connectivity index (χ3v) is 3.46. The molecule has 0 aromatic heterocycles. The van der Waals surface area contributed by atoms with Gasteiger partial charge in [0, 0.05) is 6.54 Å². The molecule has 0 aromatic rings. The Balaban J connectivity index is 4.89. The molecular weight excluding hydrogens is 368 g/mol. The summed E-state index contributed by atoms with van der Waals surface area (Å²) >= 11 is 5.02. The monoisotopic (exact) mass is 394 g/mol. The average molecular weight is 394 g/mol. The Morgan fingerprint density at radius 1 is 1.31 bits per heavy atom. The first-order valence-electron chi connectivity index (χ1n) is 7.59. The van der Waals surface area contributed by atoms with Gasteiger partial charge in [-0.3, -0.25) is 15.0 Å². The van der Waals surface area contributed by atoms with E-state index in [1.165, 1.54) is 6.92 Å². The SMILES string of the molecule is CC(O)C(NC(=S)NC(C)(CNNC(=O)C(N)CO)CC(N)=O)C(=O)O. The first-order valence-corrected chi connectivity index (χ1v) is 7.99. The van der Waals surface area contributed by atoms with Crippen LogP contribution in [-0.2, 0) is 14.4 Å². The van der Waals surface area contributed by atoms with Gasteiger partial charge >= 0.3 is 5.97 Å². The fourth-order valence-corrected chi connectivity index (χ4v) is 2.25. The number of aliphatic carboxylic acids is 1. The molecule has 0 aliphatic carbocycles. The number of aliphatic hydroxyl groups is 2. The number of carboxylic acids is 1. The molecule has 0 radical (unpaired) electrons. The molecule has 26 heavy (non-hydrogen) atoms. The van der Waals surface area contributed by atoms with E-state index in [1.54, 1.807) is 6.92 Å². The van der Waals surface area contributed by atoms with E-state index in [4.69, 9.17) is 33.9 Å². The zero-order valence-electron chi connectivity index (χ0n) is 14.5. The van der Waals surface area contributed by atoms with Crippen molar-refractivity contribution in [1.29, 1.82) is 0 Å². The van der Waals surface area contributed by atoms with Gasteiger partial charge in [0.1, 0.15) is 6.04 Å². The summed E-state index contributed by atoms with van der Waals surface area (Å²) in [6.07, 6.45) is -1.44. The van der Waals surface area contributed by atoms with Gasteiger partial charge < -0.3 is 37.4 Å². The maximum Gasteiger partial charge on any atom is 0.328 e. The van der Waals surface area contributed by atoms with Crippen LogP contribution >= 0.6 is 12.2 Å². The number of primary amides is 1. The van der Waals surface area contributed by atoms with Crippen molar-refractivity contribution in [2.24, 2.45) is 11.5 Å². The maximum absolute atomic E-state index is 11.5. The third kappa shape index (κ3) is 8.87. The van der Waals surface area contributed by atoms with E-state index < -0.39 is 48.1 Å². The summed E-state index contributed by atoms with van der Waals surface area (Å²) in [4.78, 5) is 33.9. The number of aliphatic hydroxyl groups excluding tert-OH is 2. The number of amides is 2. The minimum atomic E-state index is -1.36. The van der Waals surface area contributed by atoms with Crippen molar-refractivity contribution >= 4 is 35.1 Å². The van der Waals surface area contributed by atoms with Crippen LogP contribution in [0.4, 0.5) is 0 Å². The second-order valence-corrected chi connectivity index (χ2v) is 6.40. The van der Waals surface area contributed by atoms with Gasteiger partial charge in [0.15, 0.2) is 11.2 Å². The van der Waals surface area contributed by atoms with Crippen LogP contribution in [0.5, 0.6) is 0 Å². The van der Waals surface area contributed by atoms with Crippen LogP contribution in [0.25, 0.3) is 0 Å². The maximum atomic E-state index is 11.5. The predicted molar refractivity (Wildman–Crippen MR) is 95.4 cm³/mol. The molecule has 11 N–H and O–H groups in total. The van der Waals surface area contributed by atoms with Crippen LogP contribution in [0, 0.1) is 0 Å². The lowest BCUT2D eigenvalue weighted by molar-refractivity contribution is -0.141. The number of nitrogens with two attached hydrogens (primary N) is 2. The van der Waals surface area contributed by atoms with Crippen LogP contribution in [-0.4, -0.2) is 75.1 Å². The van der Waals surface area contributed by atoms with E-state index in [9.17, 15) is 19.5 Å². The number of hydrazine groups is 1. The summed E-state index contributed by atoms with van der Waals surface area (Å²) in [6.45, 7) is 2.23. The van der Waals surface area contributed by atoms with Gasteiger partial charge in [-0.1, -0.05) is 0 Å². The molecule has 0 saturated carbocycles. The molecule has 0 rings (SSSR count).